The van der Waals surface area contributed by atoms with Gasteiger partial charge in [0.2, 0.25) is 0 Å². The van der Waals surface area contributed by atoms with Crippen LogP contribution in [0.4, 0.5) is 11.6 Å². The van der Waals surface area contributed by atoms with Crippen LogP contribution in [0.3, 0.4) is 0 Å². The van der Waals surface area contributed by atoms with E-state index in [0.717, 1.165) is 48.3 Å². The summed E-state index contributed by atoms with van der Waals surface area (Å²) in [6.45, 7) is 6.22. The smallest absolute Gasteiger partial charge is 0.151 e. The van der Waals surface area contributed by atoms with Crippen molar-refractivity contribution in [1.82, 2.24) is 24.7 Å². The van der Waals surface area contributed by atoms with Crippen molar-refractivity contribution in [2.24, 2.45) is 0 Å². The minimum atomic E-state index is -0.242. The van der Waals surface area contributed by atoms with Crippen LogP contribution in [0.2, 0.25) is 0 Å². The molecule has 4 rings (SSSR count). The molecule has 28 heavy (non-hydrogen) atoms. The van der Waals surface area contributed by atoms with Crippen LogP contribution < -0.4 is 11.1 Å². The van der Waals surface area contributed by atoms with Crippen LogP contribution in [0, 0.1) is 0 Å². The number of rotatable bonds is 5. The molecule has 0 aromatic carbocycles. The first-order valence-corrected chi connectivity index (χ1v) is 9.90. The Balaban J connectivity index is 1.82. The van der Waals surface area contributed by atoms with Crippen molar-refractivity contribution < 1.29 is 5.11 Å². The summed E-state index contributed by atoms with van der Waals surface area (Å²) in [4.78, 5) is 14.0. The number of hydrogen-bond acceptors (Lipinski definition) is 7. The molecule has 8 heteroatoms. The molecule has 3 aromatic rings. The fourth-order valence-electron chi connectivity index (χ4n) is 3.71. The lowest BCUT2D eigenvalue weighted by Gasteiger charge is -2.17. The number of nitrogens with one attached hydrogen (secondary N) is 1. The molecule has 1 aliphatic rings. The van der Waals surface area contributed by atoms with E-state index in [1.807, 2.05) is 24.0 Å². The third-order valence-electron chi connectivity index (χ3n) is 5.32. The van der Waals surface area contributed by atoms with Gasteiger partial charge < -0.3 is 16.2 Å². The van der Waals surface area contributed by atoms with Crippen LogP contribution in [0.1, 0.15) is 51.8 Å². The number of hydrogen-bond donors (Lipinski definition) is 3. The summed E-state index contributed by atoms with van der Waals surface area (Å²) in [6.07, 6.45) is 8.52. The Bertz CT molecular complexity index is 998. The first kappa shape index (κ1) is 18.6. The van der Waals surface area contributed by atoms with Gasteiger partial charge in [0.1, 0.15) is 16.9 Å². The summed E-state index contributed by atoms with van der Waals surface area (Å²) in [5.41, 5.74) is 10.1. The molecule has 148 valence electrons. The van der Waals surface area contributed by atoms with Crippen LogP contribution in [-0.2, 0) is 6.42 Å². The first-order chi connectivity index (χ1) is 13.5. The van der Waals surface area contributed by atoms with E-state index < -0.39 is 0 Å². The molecule has 0 unspecified atom stereocenters. The Hall–Kier alpha value is -2.74. The normalized spacial score (nSPS) is 19.6. The zero-order valence-electron chi connectivity index (χ0n) is 16.6. The molecule has 4 N–H and O–H groups in total. The molecule has 0 bridgehead atoms. The minimum Gasteiger partial charge on any atom is -0.393 e. The Morgan fingerprint density at radius 2 is 2.07 bits per heavy atom. The molecule has 3 aromatic heterocycles. The molecule has 1 fully saturated rings. The molecule has 1 aliphatic carbocycles. The average molecular weight is 381 g/mol. The number of aliphatic hydroxyl groups excluding tert-OH is 1. The molecule has 0 aliphatic heterocycles. The second kappa shape index (κ2) is 7.35. The van der Waals surface area contributed by atoms with Crippen LogP contribution >= 0.6 is 0 Å². The molecule has 2 atom stereocenters. The number of aromatic nitrogens is 5. The van der Waals surface area contributed by atoms with E-state index in [-0.39, 0.29) is 18.2 Å². The van der Waals surface area contributed by atoms with Crippen molar-refractivity contribution in [3.05, 3.63) is 24.3 Å². The van der Waals surface area contributed by atoms with Gasteiger partial charge in [-0.1, -0.05) is 6.92 Å². The highest BCUT2D eigenvalue weighted by Gasteiger charge is 2.24. The van der Waals surface area contributed by atoms with Gasteiger partial charge in [0.25, 0.3) is 0 Å². The number of aryl methyl sites for hydroxylation is 1. The Kier molecular flexibility index (Phi) is 4.89. The highest BCUT2D eigenvalue weighted by atomic mass is 16.3. The topological polar surface area (TPSA) is 115 Å². The fourth-order valence-corrected chi connectivity index (χ4v) is 3.71. The average Bonchev–Trinajstić information content (AvgIpc) is 3.31. The Morgan fingerprint density at radius 3 is 2.71 bits per heavy atom. The van der Waals surface area contributed by atoms with Gasteiger partial charge in [-0.3, -0.25) is 4.68 Å². The standard InChI is InChI=1S/C20H27N7O/c1-4-16-20(24-13-5-6-14(28)7-13)26-17-15(9-22-19(21)18(17)25-16)12-8-23-27(10-12)11(2)3/h8-11,13-14,28H,4-7H2,1-3H3,(H2,21,22)(H,24,26)/t13-,14+/m1/s1. The second-order valence-electron chi connectivity index (χ2n) is 7.74. The van der Waals surface area contributed by atoms with E-state index in [0.29, 0.717) is 16.9 Å². The maximum absolute atomic E-state index is 9.84. The molecule has 0 amide bonds. The van der Waals surface area contributed by atoms with Crippen molar-refractivity contribution in [1.29, 1.82) is 0 Å². The van der Waals surface area contributed by atoms with Gasteiger partial charge in [-0.15, -0.1) is 0 Å². The van der Waals surface area contributed by atoms with Gasteiger partial charge in [-0.2, -0.15) is 5.10 Å². The summed E-state index contributed by atoms with van der Waals surface area (Å²) in [5.74, 6) is 1.14. The van der Waals surface area contributed by atoms with E-state index in [4.69, 9.17) is 15.7 Å². The highest BCUT2D eigenvalue weighted by Crippen LogP contribution is 2.31. The van der Waals surface area contributed by atoms with Crippen LogP contribution in [0.25, 0.3) is 22.2 Å². The maximum atomic E-state index is 9.84. The molecule has 1 saturated carbocycles. The lowest BCUT2D eigenvalue weighted by Crippen LogP contribution is -2.19. The van der Waals surface area contributed by atoms with Crippen molar-refractivity contribution in [3.8, 4) is 11.1 Å². The first-order valence-electron chi connectivity index (χ1n) is 9.90. The van der Waals surface area contributed by atoms with Crippen LogP contribution in [0.5, 0.6) is 0 Å². The quantitative estimate of drug-likeness (QED) is 0.622. The van der Waals surface area contributed by atoms with Crippen molar-refractivity contribution in [2.45, 2.75) is 64.6 Å². The predicted molar refractivity (Wildman–Crippen MR) is 110 cm³/mol. The molecule has 0 spiro atoms. The fraction of sp³-hybridized carbons (Fsp3) is 0.500. The lowest BCUT2D eigenvalue weighted by molar-refractivity contribution is 0.182. The molecular formula is C20H27N7O. The van der Waals surface area contributed by atoms with E-state index in [9.17, 15) is 5.11 Å². The minimum absolute atomic E-state index is 0.207. The number of nitrogen functional groups attached to an aromatic ring is 1. The second-order valence-corrected chi connectivity index (χ2v) is 7.74. The summed E-state index contributed by atoms with van der Waals surface area (Å²) >= 11 is 0. The largest absolute Gasteiger partial charge is 0.393 e. The number of nitrogens with two attached hydrogens (primary N) is 1. The van der Waals surface area contributed by atoms with E-state index in [2.05, 4.69) is 29.2 Å². The number of fused-ring (bicyclic) bond motifs is 1. The number of nitrogens with zero attached hydrogens (tertiary/aromatic N) is 5. The van der Waals surface area contributed by atoms with E-state index in [1.54, 1.807) is 6.20 Å². The van der Waals surface area contributed by atoms with Crippen molar-refractivity contribution in [2.75, 3.05) is 11.1 Å². The summed E-state index contributed by atoms with van der Waals surface area (Å²) in [7, 11) is 0. The summed E-state index contributed by atoms with van der Waals surface area (Å²) in [6, 6.07) is 0.476. The molecular weight excluding hydrogens is 354 g/mol. The van der Waals surface area contributed by atoms with Gasteiger partial charge in [-0.05, 0) is 39.5 Å². The van der Waals surface area contributed by atoms with Crippen molar-refractivity contribution >= 4 is 22.7 Å². The zero-order valence-corrected chi connectivity index (χ0v) is 16.6. The summed E-state index contributed by atoms with van der Waals surface area (Å²) in [5, 5.41) is 17.8. The van der Waals surface area contributed by atoms with Crippen LogP contribution in [0.15, 0.2) is 18.6 Å². The van der Waals surface area contributed by atoms with Gasteiger partial charge in [0, 0.05) is 35.6 Å². The Morgan fingerprint density at radius 1 is 1.25 bits per heavy atom. The predicted octanol–water partition coefficient (Wildman–Crippen LogP) is 2.94. The molecule has 8 nitrogen and oxygen atoms in total. The SMILES string of the molecule is CCc1nc2c(N)ncc(-c3cnn(C(C)C)c3)c2nc1N[C@@H]1CC[C@H](O)C1. The molecule has 0 radical (unpaired) electrons. The number of pyridine rings is 1. The van der Waals surface area contributed by atoms with Gasteiger partial charge in [-0.25, -0.2) is 15.0 Å². The van der Waals surface area contributed by atoms with E-state index in [1.165, 1.54) is 0 Å². The van der Waals surface area contributed by atoms with Gasteiger partial charge in [0.15, 0.2) is 5.82 Å². The zero-order chi connectivity index (χ0) is 19.8. The molecule has 0 saturated heterocycles. The van der Waals surface area contributed by atoms with E-state index >= 15 is 0 Å². The lowest BCUT2D eigenvalue weighted by atomic mass is 10.1. The van der Waals surface area contributed by atoms with Gasteiger partial charge in [0.05, 0.1) is 18.0 Å². The monoisotopic (exact) mass is 381 g/mol. The highest BCUT2D eigenvalue weighted by molar-refractivity contribution is 5.96. The van der Waals surface area contributed by atoms with Crippen LogP contribution in [-0.4, -0.2) is 42.0 Å². The maximum Gasteiger partial charge on any atom is 0.151 e. The van der Waals surface area contributed by atoms with Gasteiger partial charge >= 0.3 is 0 Å². The third-order valence-corrected chi connectivity index (χ3v) is 5.32. The summed E-state index contributed by atoms with van der Waals surface area (Å²) < 4.78 is 1.91. The Labute approximate surface area is 164 Å². The number of anilines is 2. The third kappa shape index (κ3) is 3.40. The van der Waals surface area contributed by atoms with Crippen molar-refractivity contribution in [3.63, 3.8) is 0 Å². The molecule has 3 heterocycles. The number of aliphatic hydroxyl groups is 1.